The van der Waals surface area contributed by atoms with E-state index in [0.717, 1.165) is 28.5 Å². The van der Waals surface area contributed by atoms with Crippen molar-refractivity contribution in [1.29, 1.82) is 0 Å². The van der Waals surface area contributed by atoms with Crippen molar-refractivity contribution in [2.75, 3.05) is 0 Å². The lowest BCUT2D eigenvalue weighted by Gasteiger charge is -2.22. The average Bonchev–Trinajstić information content (AvgIpc) is 3.38. The number of thiophene rings is 1. The fourth-order valence-electron chi connectivity index (χ4n) is 2.82. The molecule has 0 radical (unpaired) electrons. The van der Waals surface area contributed by atoms with Gasteiger partial charge in [0.05, 0.1) is 5.02 Å². The van der Waals surface area contributed by atoms with E-state index in [1.807, 2.05) is 29.2 Å². The van der Waals surface area contributed by atoms with Gasteiger partial charge in [-0.15, -0.1) is 11.3 Å². The highest BCUT2D eigenvalue weighted by Crippen LogP contribution is 2.38. The summed E-state index contributed by atoms with van der Waals surface area (Å²) in [5.74, 6) is -0.302. The zero-order valence-electron chi connectivity index (χ0n) is 12.8. The topological polar surface area (TPSA) is 20.3 Å². The molecule has 0 aliphatic heterocycles. The lowest BCUT2D eigenvalue weighted by atomic mass is 10.2. The molecular weight excluding hydrogens is 345 g/mol. The van der Waals surface area contributed by atoms with Gasteiger partial charge >= 0.3 is 0 Å². The first kappa shape index (κ1) is 15.6. The van der Waals surface area contributed by atoms with Crippen molar-refractivity contribution in [3.63, 3.8) is 0 Å². The number of benzene rings is 2. The molecule has 0 N–H and O–H groups in total. The number of rotatable bonds is 4. The zero-order valence-corrected chi connectivity index (χ0v) is 14.4. The lowest BCUT2D eigenvalue weighted by molar-refractivity contribution is 0.0735. The van der Waals surface area contributed by atoms with Crippen LogP contribution < -0.4 is 0 Å². The van der Waals surface area contributed by atoms with Gasteiger partial charge in [-0.2, -0.15) is 0 Å². The third kappa shape index (κ3) is 2.92. The molecule has 1 fully saturated rings. The molecule has 1 aliphatic rings. The molecule has 0 spiro atoms. The largest absolute Gasteiger partial charge is 0.331 e. The first-order chi connectivity index (χ1) is 11.6. The summed E-state index contributed by atoms with van der Waals surface area (Å²) in [6.07, 6.45) is 2.02. The molecule has 0 unspecified atom stereocenters. The molecule has 2 aromatic carbocycles. The molecule has 0 bridgehead atoms. The minimum Gasteiger partial charge on any atom is -0.331 e. The fraction of sp³-hybridized carbons (Fsp3) is 0.211. The van der Waals surface area contributed by atoms with Crippen LogP contribution in [0.1, 0.15) is 28.1 Å². The molecule has 4 rings (SSSR count). The summed E-state index contributed by atoms with van der Waals surface area (Å²) < 4.78 is 14.1. The quantitative estimate of drug-likeness (QED) is 0.602. The predicted octanol–water partition coefficient (Wildman–Crippen LogP) is 5.50. The van der Waals surface area contributed by atoms with E-state index < -0.39 is 0 Å². The second-order valence-corrected chi connectivity index (χ2v) is 7.46. The minimum absolute atomic E-state index is 0.0342. The second-order valence-electron chi connectivity index (χ2n) is 6.03. The van der Waals surface area contributed by atoms with Crippen LogP contribution in [0.3, 0.4) is 0 Å². The van der Waals surface area contributed by atoms with Gasteiger partial charge in [-0.1, -0.05) is 41.9 Å². The Hall–Kier alpha value is -1.91. The third-order valence-electron chi connectivity index (χ3n) is 4.24. The van der Waals surface area contributed by atoms with Crippen molar-refractivity contribution in [2.24, 2.45) is 0 Å². The standard InChI is InChI=1S/C19H15ClFNOS/c20-17-15-3-1-2-4-16(15)24-18(17)19(23)22(14-9-10-14)11-12-5-7-13(21)8-6-12/h1-8,14H,9-11H2. The average molecular weight is 360 g/mol. The van der Waals surface area contributed by atoms with E-state index in [0.29, 0.717) is 16.4 Å². The molecule has 1 amide bonds. The molecule has 2 nitrogen and oxygen atoms in total. The lowest BCUT2D eigenvalue weighted by Crippen LogP contribution is -2.32. The van der Waals surface area contributed by atoms with Gasteiger partial charge in [0, 0.05) is 22.7 Å². The van der Waals surface area contributed by atoms with Crippen LogP contribution in [0.15, 0.2) is 48.5 Å². The molecule has 1 aliphatic carbocycles. The molecule has 1 aromatic heterocycles. The normalized spacial score (nSPS) is 14.1. The van der Waals surface area contributed by atoms with Crippen LogP contribution in [0.2, 0.25) is 5.02 Å². The first-order valence-electron chi connectivity index (χ1n) is 7.86. The van der Waals surface area contributed by atoms with Crippen LogP contribution in [0.5, 0.6) is 0 Å². The Morgan fingerprint density at radius 1 is 1.17 bits per heavy atom. The number of hydrogen-bond donors (Lipinski definition) is 0. The number of halogens is 2. The fourth-order valence-corrected chi connectivity index (χ4v) is 4.29. The van der Waals surface area contributed by atoms with Gasteiger partial charge in [-0.05, 0) is 36.6 Å². The molecule has 5 heteroatoms. The second kappa shape index (κ2) is 6.19. The number of nitrogens with zero attached hydrogens (tertiary/aromatic N) is 1. The van der Waals surface area contributed by atoms with Crippen molar-refractivity contribution in [3.05, 3.63) is 69.8 Å². The van der Waals surface area contributed by atoms with Crippen LogP contribution in [0.4, 0.5) is 4.39 Å². The van der Waals surface area contributed by atoms with Crippen LogP contribution in [0, 0.1) is 5.82 Å². The van der Waals surface area contributed by atoms with Gasteiger partial charge < -0.3 is 4.90 Å². The Morgan fingerprint density at radius 3 is 2.54 bits per heavy atom. The molecule has 0 atom stereocenters. The smallest absolute Gasteiger partial charge is 0.266 e. The summed E-state index contributed by atoms with van der Waals surface area (Å²) in [4.78, 5) is 15.5. The highest BCUT2D eigenvalue weighted by atomic mass is 35.5. The van der Waals surface area contributed by atoms with Gasteiger partial charge in [0.1, 0.15) is 10.7 Å². The summed E-state index contributed by atoms with van der Waals surface area (Å²) in [7, 11) is 0. The van der Waals surface area contributed by atoms with Crippen LogP contribution in [-0.4, -0.2) is 16.8 Å². The number of carbonyl (C=O) groups excluding carboxylic acids is 1. The molecule has 1 heterocycles. The number of carbonyl (C=O) groups is 1. The monoisotopic (exact) mass is 359 g/mol. The zero-order chi connectivity index (χ0) is 16.7. The maximum Gasteiger partial charge on any atom is 0.266 e. The van der Waals surface area contributed by atoms with Crippen molar-refractivity contribution >= 4 is 38.9 Å². The first-order valence-corrected chi connectivity index (χ1v) is 9.05. The van der Waals surface area contributed by atoms with Gasteiger partial charge in [0.15, 0.2) is 0 Å². The van der Waals surface area contributed by atoms with Crippen LogP contribution in [-0.2, 0) is 6.54 Å². The van der Waals surface area contributed by atoms with Gasteiger partial charge in [0.2, 0.25) is 0 Å². The Kier molecular flexibility index (Phi) is 4.02. The SMILES string of the molecule is O=C(c1sc2ccccc2c1Cl)N(Cc1ccc(F)cc1)C1CC1. The van der Waals surface area contributed by atoms with Gasteiger partial charge in [0.25, 0.3) is 5.91 Å². The minimum atomic E-state index is -0.268. The van der Waals surface area contributed by atoms with Crippen molar-refractivity contribution < 1.29 is 9.18 Å². The summed E-state index contributed by atoms with van der Waals surface area (Å²) in [6.45, 7) is 0.481. The molecule has 0 saturated heterocycles. The van der Waals surface area contributed by atoms with Gasteiger partial charge in [-0.3, -0.25) is 4.79 Å². The van der Waals surface area contributed by atoms with E-state index in [2.05, 4.69) is 0 Å². The van der Waals surface area contributed by atoms with Crippen LogP contribution in [0.25, 0.3) is 10.1 Å². The maximum absolute atomic E-state index is 13.1. The van der Waals surface area contributed by atoms with Crippen LogP contribution >= 0.6 is 22.9 Å². The molecule has 3 aromatic rings. The third-order valence-corrected chi connectivity index (χ3v) is 5.91. The van der Waals surface area contributed by atoms with E-state index in [4.69, 9.17) is 11.6 Å². The van der Waals surface area contributed by atoms with Gasteiger partial charge in [-0.25, -0.2) is 4.39 Å². The predicted molar refractivity (Wildman–Crippen MR) is 96.1 cm³/mol. The Bertz CT molecular complexity index is 901. The molecule has 122 valence electrons. The van der Waals surface area contributed by atoms with E-state index in [1.165, 1.54) is 23.5 Å². The van der Waals surface area contributed by atoms with E-state index in [-0.39, 0.29) is 17.8 Å². The highest BCUT2D eigenvalue weighted by molar-refractivity contribution is 7.21. The van der Waals surface area contributed by atoms with Crippen molar-refractivity contribution in [3.8, 4) is 0 Å². The molecule has 24 heavy (non-hydrogen) atoms. The van der Waals surface area contributed by atoms with Crippen molar-refractivity contribution in [2.45, 2.75) is 25.4 Å². The summed E-state index contributed by atoms with van der Waals surface area (Å²) >= 11 is 7.89. The maximum atomic E-state index is 13.1. The number of fused-ring (bicyclic) bond motifs is 1. The Morgan fingerprint density at radius 2 is 1.88 bits per heavy atom. The summed E-state index contributed by atoms with van der Waals surface area (Å²) in [5.41, 5.74) is 0.925. The summed E-state index contributed by atoms with van der Waals surface area (Å²) in [5, 5.41) is 1.45. The Balaban J connectivity index is 1.66. The highest BCUT2D eigenvalue weighted by Gasteiger charge is 2.34. The Labute approximate surface area is 148 Å². The van der Waals surface area contributed by atoms with E-state index in [9.17, 15) is 9.18 Å². The number of amides is 1. The summed E-state index contributed by atoms with van der Waals surface area (Å²) in [6, 6.07) is 14.3. The van der Waals surface area contributed by atoms with E-state index >= 15 is 0 Å². The van der Waals surface area contributed by atoms with E-state index in [1.54, 1.807) is 12.1 Å². The number of hydrogen-bond acceptors (Lipinski definition) is 2. The van der Waals surface area contributed by atoms with Crippen molar-refractivity contribution in [1.82, 2.24) is 4.90 Å². The molecule has 1 saturated carbocycles. The molecular formula is C19H15ClFNOS.